The molecule has 1 aromatic rings. The molecule has 0 saturated carbocycles. The van der Waals surface area contributed by atoms with E-state index in [1.807, 2.05) is 6.92 Å². The van der Waals surface area contributed by atoms with Crippen LogP contribution in [0.4, 0.5) is 5.82 Å². The van der Waals surface area contributed by atoms with Gasteiger partial charge in [0.25, 0.3) is 5.56 Å². The van der Waals surface area contributed by atoms with Crippen molar-refractivity contribution in [3.63, 3.8) is 0 Å². The Hall–Kier alpha value is -1.36. The predicted octanol–water partition coefficient (Wildman–Crippen LogP) is 0.984. The third-order valence-corrected chi connectivity index (χ3v) is 4.37. The molecule has 0 amide bonds. The van der Waals surface area contributed by atoms with Gasteiger partial charge in [0, 0.05) is 37.6 Å². The summed E-state index contributed by atoms with van der Waals surface area (Å²) in [6, 6.07) is 0.967. The largest absolute Gasteiger partial charge is 0.347 e. The molecule has 1 N–H and O–H groups in total. The standard InChI is InChI=1S/C14H22N4O/c1-2-17-10-8-16-13(14(17)19)18-9-4-6-12(18)11-5-3-7-15-11/h8,10-12,15H,2-7,9H2,1H3. The second-order valence-electron chi connectivity index (χ2n) is 5.45. The van der Waals surface area contributed by atoms with Gasteiger partial charge in [-0.25, -0.2) is 4.98 Å². The molecule has 3 rings (SSSR count). The molecule has 5 nitrogen and oxygen atoms in total. The summed E-state index contributed by atoms with van der Waals surface area (Å²) in [7, 11) is 0. The quantitative estimate of drug-likeness (QED) is 0.882. The summed E-state index contributed by atoms with van der Waals surface area (Å²) in [4.78, 5) is 19.0. The maximum atomic E-state index is 12.4. The van der Waals surface area contributed by atoms with Crippen molar-refractivity contribution in [3.05, 3.63) is 22.7 Å². The lowest BCUT2D eigenvalue weighted by Gasteiger charge is -2.30. The summed E-state index contributed by atoms with van der Waals surface area (Å²) >= 11 is 0. The van der Waals surface area contributed by atoms with Gasteiger partial charge in [-0.15, -0.1) is 0 Å². The van der Waals surface area contributed by atoms with Crippen LogP contribution in [0.1, 0.15) is 32.6 Å². The number of hydrogen-bond acceptors (Lipinski definition) is 4. The van der Waals surface area contributed by atoms with Crippen molar-refractivity contribution in [3.8, 4) is 0 Å². The molecule has 0 aromatic carbocycles. The van der Waals surface area contributed by atoms with Crippen molar-refractivity contribution in [2.45, 2.75) is 51.2 Å². The van der Waals surface area contributed by atoms with Crippen LogP contribution in [0, 0.1) is 0 Å². The monoisotopic (exact) mass is 262 g/mol. The lowest BCUT2D eigenvalue weighted by atomic mass is 10.0. The van der Waals surface area contributed by atoms with E-state index in [1.54, 1.807) is 17.0 Å². The van der Waals surface area contributed by atoms with Crippen LogP contribution < -0.4 is 15.8 Å². The molecule has 3 heterocycles. The van der Waals surface area contributed by atoms with Crippen LogP contribution in [0.3, 0.4) is 0 Å². The zero-order valence-corrected chi connectivity index (χ0v) is 11.5. The number of nitrogens with zero attached hydrogens (tertiary/aromatic N) is 3. The lowest BCUT2D eigenvalue weighted by molar-refractivity contribution is 0.479. The number of hydrogen-bond donors (Lipinski definition) is 1. The Morgan fingerprint density at radius 2 is 2.32 bits per heavy atom. The second-order valence-corrected chi connectivity index (χ2v) is 5.45. The molecular weight excluding hydrogens is 240 g/mol. The minimum atomic E-state index is 0.0508. The molecule has 2 atom stereocenters. The van der Waals surface area contributed by atoms with Crippen molar-refractivity contribution in [2.75, 3.05) is 18.0 Å². The molecule has 1 aromatic heterocycles. The van der Waals surface area contributed by atoms with Gasteiger partial charge in [-0.2, -0.15) is 0 Å². The predicted molar refractivity (Wildman–Crippen MR) is 75.6 cm³/mol. The fourth-order valence-corrected chi connectivity index (χ4v) is 3.40. The van der Waals surface area contributed by atoms with Gasteiger partial charge in [0.05, 0.1) is 0 Å². The van der Waals surface area contributed by atoms with E-state index in [-0.39, 0.29) is 5.56 Å². The topological polar surface area (TPSA) is 50.2 Å². The normalized spacial score (nSPS) is 27.1. The first kappa shape index (κ1) is 12.7. The van der Waals surface area contributed by atoms with E-state index >= 15 is 0 Å². The maximum Gasteiger partial charge on any atom is 0.293 e. The van der Waals surface area contributed by atoms with Crippen molar-refractivity contribution in [1.82, 2.24) is 14.9 Å². The Bertz CT molecular complexity index is 492. The summed E-state index contributed by atoms with van der Waals surface area (Å²) in [5.74, 6) is 0.639. The zero-order valence-electron chi connectivity index (χ0n) is 11.5. The number of anilines is 1. The third kappa shape index (κ3) is 2.27. The Morgan fingerprint density at radius 1 is 1.42 bits per heavy atom. The third-order valence-electron chi connectivity index (χ3n) is 4.37. The number of nitrogens with one attached hydrogen (secondary N) is 1. The molecule has 5 heteroatoms. The van der Waals surface area contributed by atoms with Crippen molar-refractivity contribution in [1.29, 1.82) is 0 Å². The average Bonchev–Trinajstić information content (AvgIpc) is 3.09. The SMILES string of the molecule is CCn1ccnc(N2CCCC2C2CCCN2)c1=O. The molecule has 104 valence electrons. The molecular formula is C14H22N4O. The Balaban J connectivity index is 1.90. The number of aryl methyl sites for hydroxylation is 1. The van der Waals surface area contributed by atoms with E-state index in [0.717, 1.165) is 19.5 Å². The van der Waals surface area contributed by atoms with Crippen molar-refractivity contribution in [2.24, 2.45) is 0 Å². The summed E-state index contributed by atoms with van der Waals surface area (Å²) < 4.78 is 1.74. The summed E-state index contributed by atoms with van der Waals surface area (Å²) in [5.41, 5.74) is 0.0508. The summed E-state index contributed by atoms with van der Waals surface area (Å²) in [6.45, 7) is 4.76. The van der Waals surface area contributed by atoms with Crippen LogP contribution in [-0.2, 0) is 6.54 Å². The van der Waals surface area contributed by atoms with Crippen molar-refractivity contribution >= 4 is 5.82 Å². The van der Waals surface area contributed by atoms with E-state index in [2.05, 4.69) is 15.2 Å². The van der Waals surface area contributed by atoms with E-state index in [0.29, 0.717) is 24.4 Å². The molecule has 2 fully saturated rings. The van der Waals surface area contributed by atoms with Crippen LogP contribution in [0.25, 0.3) is 0 Å². The molecule has 19 heavy (non-hydrogen) atoms. The molecule has 0 aliphatic carbocycles. The molecule has 0 radical (unpaired) electrons. The fraction of sp³-hybridized carbons (Fsp3) is 0.714. The van der Waals surface area contributed by atoms with Gasteiger partial charge < -0.3 is 14.8 Å². The molecule has 2 unspecified atom stereocenters. The van der Waals surface area contributed by atoms with E-state index in [4.69, 9.17) is 0 Å². The second kappa shape index (κ2) is 5.33. The smallest absolute Gasteiger partial charge is 0.293 e. The van der Waals surface area contributed by atoms with Crippen LogP contribution >= 0.6 is 0 Å². The highest BCUT2D eigenvalue weighted by Gasteiger charge is 2.35. The molecule has 2 saturated heterocycles. The number of rotatable bonds is 3. The Morgan fingerprint density at radius 3 is 3.05 bits per heavy atom. The van der Waals surface area contributed by atoms with Crippen LogP contribution in [-0.4, -0.2) is 34.7 Å². The maximum absolute atomic E-state index is 12.4. The van der Waals surface area contributed by atoms with Crippen LogP contribution in [0.2, 0.25) is 0 Å². The van der Waals surface area contributed by atoms with Gasteiger partial charge in [-0.3, -0.25) is 4.79 Å². The average molecular weight is 262 g/mol. The Kier molecular flexibility index (Phi) is 3.55. The summed E-state index contributed by atoms with van der Waals surface area (Å²) in [5, 5.41) is 3.57. The first-order chi connectivity index (χ1) is 9.31. The first-order valence-corrected chi connectivity index (χ1v) is 7.36. The van der Waals surface area contributed by atoms with Gasteiger partial charge in [0.15, 0.2) is 5.82 Å². The van der Waals surface area contributed by atoms with E-state index < -0.39 is 0 Å². The first-order valence-electron chi connectivity index (χ1n) is 7.36. The summed E-state index contributed by atoms with van der Waals surface area (Å²) in [6.07, 6.45) is 8.31. The van der Waals surface area contributed by atoms with Crippen molar-refractivity contribution < 1.29 is 0 Å². The van der Waals surface area contributed by atoms with Crippen LogP contribution in [0.15, 0.2) is 17.2 Å². The Labute approximate surface area is 113 Å². The van der Waals surface area contributed by atoms with Gasteiger partial charge in [0.2, 0.25) is 0 Å². The van der Waals surface area contributed by atoms with E-state index in [1.165, 1.54) is 19.3 Å². The molecule has 0 spiro atoms. The van der Waals surface area contributed by atoms with Gasteiger partial charge in [0.1, 0.15) is 0 Å². The highest BCUT2D eigenvalue weighted by Crippen LogP contribution is 2.27. The van der Waals surface area contributed by atoms with Gasteiger partial charge in [-0.05, 0) is 39.2 Å². The lowest BCUT2D eigenvalue weighted by Crippen LogP contribution is -2.46. The van der Waals surface area contributed by atoms with Gasteiger partial charge in [-0.1, -0.05) is 0 Å². The van der Waals surface area contributed by atoms with Gasteiger partial charge >= 0.3 is 0 Å². The minimum Gasteiger partial charge on any atom is -0.347 e. The minimum absolute atomic E-state index is 0.0508. The fourth-order valence-electron chi connectivity index (χ4n) is 3.40. The highest BCUT2D eigenvalue weighted by atomic mass is 16.1. The molecule has 0 bridgehead atoms. The molecule has 2 aliphatic rings. The molecule has 2 aliphatic heterocycles. The highest BCUT2D eigenvalue weighted by molar-refractivity contribution is 5.39. The van der Waals surface area contributed by atoms with E-state index in [9.17, 15) is 4.79 Å². The number of aromatic nitrogens is 2. The zero-order chi connectivity index (χ0) is 13.2. The van der Waals surface area contributed by atoms with Crippen LogP contribution in [0.5, 0.6) is 0 Å².